The van der Waals surface area contributed by atoms with E-state index in [1.807, 2.05) is 6.07 Å². The largest absolute Gasteiger partial charge is 1.00 e. The Morgan fingerprint density at radius 3 is 2.27 bits per heavy atom. The van der Waals surface area contributed by atoms with Crippen LogP contribution >= 0.6 is 0 Å². The average Bonchev–Trinajstić information content (AvgIpc) is 2.57. The molecule has 0 saturated carbocycles. The number of unbranched alkanes of at least 4 members (excludes halogenated alkanes) is 4. The molecule has 2 rings (SSSR count). The van der Waals surface area contributed by atoms with Gasteiger partial charge >= 0.3 is 29.6 Å². The average molecular weight is 386 g/mol. The fourth-order valence-electron chi connectivity index (χ4n) is 2.53. The molecule has 2 aromatic carbocycles. The first-order valence-corrected chi connectivity index (χ1v) is 9.89. The molecule has 0 aromatic heterocycles. The van der Waals surface area contributed by atoms with Crippen LogP contribution in [0.4, 0.5) is 0 Å². The normalized spacial score (nSPS) is 11.0. The van der Waals surface area contributed by atoms with Gasteiger partial charge in [-0.25, -0.2) is 0 Å². The van der Waals surface area contributed by atoms with Gasteiger partial charge in [0.05, 0.1) is 4.90 Å². The van der Waals surface area contributed by atoms with Crippen LogP contribution in [0.2, 0.25) is 0 Å². The van der Waals surface area contributed by atoms with Crippen molar-refractivity contribution in [2.45, 2.75) is 50.3 Å². The number of rotatable bonds is 9. The molecule has 0 fully saturated rings. The van der Waals surface area contributed by atoms with Gasteiger partial charge in [0.15, 0.2) is 0 Å². The fourth-order valence-corrected chi connectivity index (χ4v) is 3.01. The third-order valence-corrected chi connectivity index (χ3v) is 4.79. The summed E-state index contributed by atoms with van der Waals surface area (Å²) in [6.07, 6.45) is 6.80. The maximum absolute atomic E-state index is 12.0. The molecule has 0 aliphatic carbocycles. The van der Waals surface area contributed by atoms with Crippen molar-refractivity contribution in [1.29, 1.82) is 0 Å². The van der Waals surface area contributed by atoms with Crippen LogP contribution in [0.25, 0.3) is 0 Å². The molecule has 7 heteroatoms. The van der Waals surface area contributed by atoms with Gasteiger partial charge in [0.1, 0.15) is 11.5 Å². The maximum atomic E-state index is 12.0. The zero-order valence-corrected chi connectivity index (χ0v) is 18.1. The van der Waals surface area contributed by atoms with E-state index in [0.717, 1.165) is 18.4 Å². The molecule has 0 heterocycles. The van der Waals surface area contributed by atoms with Gasteiger partial charge in [-0.05, 0) is 48.7 Å². The molecule has 5 nitrogen and oxygen atoms in total. The molecule has 0 unspecified atom stereocenters. The topological polar surface area (TPSA) is 86.7 Å². The monoisotopic (exact) mass is 386 g/mol. The Balaban J connectivity index is 0.00000338. The van der Waals surface area contributed by atoms with E-state index in [4.69, 9.17) is 9.29 Å². The third kappa shape index (κ3) is 7.29. The third-order valence-electron chi connectivity index (χ3n) is 3.93. The molecule has 136 valence electrons. The van der Waals surface area contributed by atoms with Gasteiger partial charge < -0.3 is 9.84 Å². The summed E-state index contributed by atoms with van der Waals surface area (Å²) >= 11 is 0. The number of hydrogen-bond donors (Lipinski definition) is 1. The second-order valence-corrected chi connectivity index (χ2v) is 7.42. The van der Waals surface area contributed by atoms with E-state index in [-0.39, 0.29) is 46.0 Å². The van der Waals surface area contributed by atoms with Crippen molar-refractivity contribution < 1.29 is 52.4 Å². The zero-order chi connectivity index (χ0) is 18.3. The van der Waals surface area contributed by atoms with Crippen LogP contribution in [0.1, 0.15) is 44.6 Å². The molecule has 0 amide bonds. The van der Waals surface area contributed by atoms with Crippen molar-refractivity contribution in [3.8, 4) is 17.2 Å². The fraction of sp³-hybridized carbons (Fsp3) is 0.368. The van der Waals surface area contributed by atoms with E-state index in [1.165, 1.54) is 56.0 Å². The van der Waals surface area contributed by atoms with Crippen LogP contribution < -0.4 is 39.4 Å². The number of aryl methyl sites for hydroxylation is 1. The summed E-state index contributed by atoms with van der Waals surface area (Å²) in [4.78, 5) is -0.219. The second kappa shape index (κ2) is 10.9. The SMILES string of the molecule is CCCCCCCc1ccc([O-])c(Oc2ccc(S(=O)(=O)O)cc2)c1.[Na+]. The first kappa shape index (κ1) is 23.0. The van der Waals surface area contributed by atoms with Gasteiger partial charge in [-0.2, -0.15) is 8.42 Å². The number of hydrogen-bond acceptors (Lipinski definition) is 4. The Morgan fingerprint density at radius 1 is 1.00 bits per heavy atom. The molecule has 0 aliphatic heterocycles. The van der Waals surface area contributed by atoms with E-state index >= 15 is 0 Å². The molecule has 1 N–H and O–H groups in total. The molecule has 26 heavy (non-hydrogen) atoms. The summed E-state index contributed by atoms with van der Waals surface area (Å²) in [7, 11) is -4.24. The van der Waals surface area contributed by atoms with Crippen molar-refractivity contribution >= 4 is 10.1 Å². The summed E-state index contributed by atoms with van der Waals surface area (Å²) in [5.74, 6) is 0.323. The first-order valence-electron chi connectivity index (χ1n) is 8.45. The molecule has 0 saturated heterocycles. The quantitative estimate of drug-likeness (QED) is 0.399. The molecular formula is C19H23NaO5S. The van der Waals surface area contributed by atoms with Crippen molar-refractivity contribution in [1.82, 2.24) is 0 Å². The Morgan fingerprint density at radius 2 is 1.65 bits per heavy atom. The molecule has 0 radical (unpaired) electrons. The van der Waals surface area contributed by atoms with E-state index in [0.29, 0.717) is 5.75 Å². The molecule has 0 bridgehead atoms. The predicted octanol–water partition coefficient (Wildman–Crippen LogP) is 1.32. The van der Waals surface area contributed by atoms with Gasteiger partial charge in [0.2, 0.25) is 0 Å². The van der Waals surface area contributed by atoms with Crippen molar-refractivity contribution in [2.75, 3.05) is 0 Å². The molecule has 0 spiro atoms. The molecule has 0 aliphatic rings. The standard InChI is InChI=1S/C19H24O5S.Na/c1-2-3-4-5-6-7-15-8-13-18(20)19(14-15)24-16-9-11-17(12-10-16)25(21,22)23;/h8-14,20H,2-7H2,1H3,(H,21,22,23);/q;+1/p-1. The van der Waals surface area contributed by atoms with Crippen LogP contribution in [-0.2, 0) is 16.5 Å². The first-order chi connectivity index (χ1) is 11.9. The minimum absolute atomic E-state index is 0. The van der Waals surface area contributed by atoms with Crippen LogP contribution in [0.15, 0.2) is 47.4 Å². The van der Waals surface area contributed by atoms with Gasteiger partial charge in [-0.15, -0.1) is 0 Å². The van der Waals surface area contributed by atoms with Crippen LogP contribution in [0, 0.1) is 0 Å². The molecule has 2 aromatic rings. The summed E-state index contributed by atoms with van der Waals surface area (Å²) < 4.78 is 36.6. The summed E-state index contributed by atoms with van der Waals surface area (Å²) in [6.45, 7) is 2.18. The van der Waals surface area contributed by atoms with E-state index in [9.17, 15) is 13.5 Å². The van der Waals surface area contributed by atoms with Crippen LogP contribution in [0.3, 0.4) is 0 Å². The van der Waals surface area contributed by atoms with Gasteiger partial charge in [-0.3, -0.25) is 4.55 Å². The Kier molecular flexibility index (Phi) is 9.68. The Hall–Kier alpha value is -1.05. The van der Waals surface area contributed by atoms with Crippen LogP contribution in [-0.4, -0.2) is 13.0 Å². The minimum atomic E-state index is -4.24. The Bertz CT molecular complexity index is 788. The van der Waals surface area contributed by atoms with Gasteiger partial charge in [-0.1, -0.05) is 50.5 Å². The minimum Gasteiger partial charge on any atom is -0.870 e. The maximum Gasteiger partial charge on any atom is 1.00 e. The second-order valence-electron chi connectivity index (χ2n) is 5.99. The van der Waals surface area contributed by atoms with Crippen LogP contribution in [0.5, 0.6) is 17.2 Å². The summed E-state index contributed by atoms with van der Waals surface area (Å²) in [5.41, 5.74) is 1.04. The summed E-state index contributed by atoms with van der Waals surface area (Å²) in [5, 5.41) is 12.0. The van der Waals surface area contributed by atoms with Crippen molar-refractivity contribution in [3.63, 3.8) is 0 Å². The molecular weight excluding hydrogens is 363 g/mol. The van der Waals surface area contributed by atoms with Gasteiger partial charge in [0, 0.05) is 0 Å². The predicted molar refractivity (Wildman–Crippen MR) is 94.7 cm³/mol. The smallest absolute Gasteiger partial charge is 0.870 e. The van der Waals surface area contributed by atoms with Crippen molar-refractivity contribution in [2.24, 2.45) is 0 Å². The molecule has 0 atom stereocenters. The summed E-state index contributed by atoms with van der Waals surface area (Å²) in [6, 6.07) is 10.3. The number of ether oxygens (including phenoxy) is 1. The van der Waals surface area contributed by atoms with Gasteiger partial charge in [0.25, 0.3) is 10.1 Å². The van der Waals surface area contributed by atoms with E-state index < -0.39 is 10.1 Å². The zero-order valence-electron chi connectivity index (χ0n) is 15.3. The van der Waals surface area contributed by atoms with E-state index in [1.54, 1.807) is 6.07 Å². The number of benzene rings is 2. The van der Waals surface area contributed by atoms with Crippen molar-refractivity contribution in [3.05, 3.63) is 48.0 Å². The Labute approximate surface area is 177 Å². The van der Waals surface area contributed by atoms with E-state index in [2.05, 4.69) is 6.92 Å².